The van der Waals surface area contributed by atoms with Gasteiger partial charge in [-0.05, 0) is 67.3 Å². The van der Waals surface area contributed by atoms with Crippen molar-refractivity contribution in [1.29, 1.82) is 0 Å². The zero-order valence-electron chi connectivity index (χ0n) is 22.1. The summed E-state index contributed by atoms with van der Waals surface area (Å²) in [5, 5.41) is 17.6. The number of aliphatic carboxylic acids is 1. The SMILES string of the molecule is COc1cc(C(C)(NC(C)=O)C2=CC=CN(CCCC(=O)O)C=C2)ccc1NC(=O)Nc1ccccc1C. The largest absolute Gasteiger partial charge is 0.495 e. The molecule has 1 heterocycles. The molecule has 1 unspecified atom stereocenters. The number of methoxy groups -OCH3 is 1. The number of ether oxygens (including phenoxy) is 1. The van der Waals surface area contributed by atoms with Gasteiger partial charge in [0.15, 0.2) is 0 Å². The van der Waals surface area contributed by atoms with E-state index in [9.17, 15) is 14.4 Å². The highest BCUT2D eigenvalue weighted by atomic mass is 16.5. The molecule has 2 aromatic rings. The third-order valence-corrected chi connectivity index (χ3v) is 6.23. The molecule has 0 saturated carbocycles. The Kier molecular flexibility index (Phi) is 9.32. The minimum atomic E-state index is -0.918. The van der Waals surface area contributed by atoms with E-state index in [4.69, 9.17) is 9.84 Å². The average Bonchev–Trinajstić information content (AvgIpc) is 3.11. The molecule has 0 spiro atoms. The van der Waals surface area contributed by atoms with E-state index in [0.29, 0.717) is 30.1 Å². The summed E-state index contributed by atoms with van der Waals surface area (Å²) in [4.78, 5) is 37.7. The molecule has 4 N–H and O–H groups in total. The topological polar surface area (TPSA) is 120 Å². The number of urea groups is 1. The maximum absolute atomic E-state index is 12.7. The maximum atomic E-state index is 12.7. The highest BCUT2D eigenvalue weighted by Gasteiger charge is 2.32. The number of allylic oxidation sites excluding steroid dienone is 2. The van der Waals surface area contributed by atoms with Crippen molar-refractivity contribution in [3.8, 4) is 5.75 Å². The van der Waals surface area contributed by atoms with Crippen LogP contribution in [0.3, 0.4) is 0 Å². The summed E-state index contributed by atoms with van der Waals surface area (Å²) in [7, 11) is 1.52. The molecular weight excluding hydrogens is 484 g/mol. The summed E-state index contributed by atoms with van der Waals surface area (Å²) in [6.45, 7) is 5.81. The highest BCUT2D eigenvalue weighted by Crippen LogP contribution is 2.36. The minimum absolute atomic E-state index is 0.0885. The van der Waals surface area contributed by atoms with E-state index in [0.717, 1.165) is 16.7 Å². The van der Waals surface area contributed by atoms with Gasteiger partial charge >= 0.3 is 12.0 Å². The average molecular weight is 519 g/mol. The molecule has 38 heavy (non-hydrogen) atoms. The molecule has 0 saturated heterocycles. The Balaban J connectivity index is 1.85. The van der Waals surface area contributed by atoms with E-state index in [2.05, 4.69) is 16.0 Å². The standard InChI is InChI=1S/C29H34N4O5/c1-20-9-5-6-11-24(20)30-28(37)31-25-14-13-23(19-26(25)38-4)29(3,32-21(2)34)22-10-7-16-33(18-15-22)17-8-12-27(35)36/h5-7,9-11,13-16,18-19H,8,12,17H2,1-4H3,(H,32,34)(H,35,36)(H2,30,31,37). The lowest BCUT2D eigenvalue weighted by molar-refractivity contribution is -0.137. The zero-order chi connectivity index (χ0) is 27.7. The zero-order valence-corrected chi connectivity index (χ0v) is 22.1. The minimum Gasteiger partial charge on any atom is -0.495 e. The predicted octanol–water partition coefficient (Wildman–Crippen LogP) is 5.13. The molecule has 0 radical (unpaired) electrons. The number of nitrogens with one attached hydrogen (secondary N) is 3. The van der Waals surface area contributed by atoms with Gasteiger partial charge in [0.1, 0.15) is 5.75 Å². The van der Waals surface area contributed by atoms with Crippen LogP contribution in [0.5, 0.6) is 5.75 Å². The fourth-order valence-electron chi connectivity index (χ4n) is 4.19. The lowest BCUT2D eigenvalue weighted by Gasteiger charge is -2.33. The Labute approximate surface area is 222 Å². The predicted molar refractivity (Wildman–Crippen MR) is 148 cm³/mol. The van der Waals surface area contributed by atoms with Gasteiger partial charge in [-0.15, -0.1) is 0 Å². The van der Waals surface area contributed by atoms with Crippen LogP contribution in [0.2, 0.25) is 0 Å². The number of carbonyl (C=O) groups is 3. The monoisotopic (exact) mass is 518 g/mol. The van der Waals surface area contributed by atoms with Crippen molar-refractivity contribution in [3.63, 3.8) is 0 Å². The first-order valence-corrected chi connectivity index (χ1v) is 12.3. The number of anilines is 2. The van der Waals surface area contributed by atoms with E-state index in [1.165, 1.54) is 14.0 Å². The quantitative estimate of drug-likeness (QED) is 0.346. The van der Waals surface area contributed by atoms with Gasteiger partial charge in [0.05, 0.1) is 18.3 Å². The van der Waals surface area contributed by atoms with Crippen LogP contribution in [0.25, 0.3) is 0 Å². The molecule has 3 rings (SSSR count). The summed E-state index contributed by atoms with van der Waals surface area (Å²) >= 11 is 0. The van der Waals surface area contributed by atoms with Crippen LogP contribution < -0.4 is 20.7 Å². The summed E-state index contributed by atoms with van der Waals surface area (Å²) in [6.07, 6.45) is 9.97. The molecule has 1 aliphatic heterocycles. The lowest BCUT2D eigenvalue weighted by atomic mass is 9.83. The molecule has 1 atom stereocenters. The van der Waals surface area contributed by atoms with Gasteiger partial charge in [-0.25, -0.2) is 4.79 Å². The molecule has 9 nitrogen and oxygen atoms in total. The van der Waals surface area contributed by atoms with E-state index < -0.39 is 17.5 Å². The van der Waals surface area contributed by atoms with Gasteiger partial charge < -0.3 is 30.7 Å². The maximum Gasteiger partial charge on any atom is 0.323 e. The van der Waals surface area contributed by atoms with E-state index in [-0.39, 0.29) is 12.3 Å². The van der Waals surface area contributed by atoms with Crippen LogP contribution in [0.4, 0.5) is 16.2 Å². The van der Waals surface area contributed by atoms with Crippen LogP contribution in [-0.4, -0.2) is 41.6 Å². The van der Waals surface area contributed by atoms with Crippen LogP contribution in [0.1, 0.15) is 37.8 Å². The number of para-hydroxylation sites is 1. The Hall–Kier alpha value is -4.53. The summed E-state index contributed by atoms with van der Waals surface area (Å²) in [5.41, 5.74) is 2.76. The summed E-state index contributed by atoms with van der Waals surface area (Å²) in [6, 6.07) is 12.4. The van der Waals surface area contributed by atoms with Crippen molar-refractivity contribution in [2.24, 2.45) is 0 Å². The number of carbonyl (C=O) groups excluding carboxylic acids is 2. The van der Waals surface area contributed by atoms with Gasteiger partial charge in [-0.1, -0.05) is 30.3 Å². The summed E-state index contributed by atoms with van der Waals surface area (Å²) in [5.74, 6) is -0.612. The number of hydrogen-bond acceptors (Lipinski definition) is 5. The smallest absolute Gasteiger partial charge is 0.323 e. The van der Waals surface area contributed by atoms with Crippen molar-refractivity contribution in [3.05, 3.63) is 89.8 Å². The second-order valence-corrected chi connectivity index (χ2v) is 9.13. The molecule has 0 aliphatic carbocycles. The van der Waals surface area contributed by atoms with Crippen LogP contribution in [0.15, 0.2) is 78.7 Å². The molecule has 3 amide bonds. The second kappa shape index (κ2) is 12.6. The third kappa shape index (κ3) is 7.25. The van der Waals surface area contributed by atoms with Crippen molar-refractivity contribution >= 4 is 29.3 Å². The molecule has 1 aliphatic rings. The normalized spacial score (nSPS) is 14.1. The van der Waals surface area contributed by atoms with Crippen molar-refractivity contribution < 1.29 is 24.2 Å². The number of carboxylic acids is 1. The Morgan fingerprint density at radius 3 is 2.47 bits per heavy atom. The van der Waals surface area contributed by atoms with Gasteiger partial charge in [0, 0.05) is 38.0 Å². The van der Waals surface area contributed by atoms with E-state index in [1.807, 2.05) is 79.7 Å². The van der Waals surface area contributed by atoms with E-state index >= 15 is 0 Å². The first kappa shape index (κ1) is 28.0. The van der Waals surface area contributed by atoms with Crippen LogP contribution in [-0.2, 0) is 15.1 Å². The van der Waals surface area contributed by atoms with Crippen LogP contribution in [0, 0.1) is 6.92 Å². The molecule has 9 heteroatoms. The summed E-state index contributed by atoms with van der Waals surface area (Å²) < 4.78 is 5.59. The number of hydrogen-bond donors (Lipinski definition) is 4. The first-order valence-electron chi connectivity index (χ1n) is 12.3. The molecule has 200 valence electrons. The molecule has 2 aromatic carbocycles. The Morgan fingerprint density at radius 2 is 1.79 bits per heavy atom. The Morgan fingerprint density at radius 1 is 1.05 bits per heavy atom. The van der Waals surface area contributed by atoms with Crippen LogP contribution >= 0.6 is 0 Å². The molecule has 0 bridgehead atoms. The van der Waals surface area contributed by atoms with Crippen molar-refractivity contribution in [2.45, 2.75) is 39.2 Å². The fraction of sp³-hybridized carbons (Fsp3) is 0.276. The number of nitrogens with zero attached hydrogens (tertiary/aromatic N) is 1. The van der Waals surface area contributed by atoms with Gasteiger partial charge in [-0.3, -0.25) is 9.59 Å². The fourth-order valence-corrected chi connectivity index (χ4v) is 4.19. The van der Waals surface area contributed by atoms with Gasteiger partial charge in [0.25, 0.3) is 0 Å². The number of aryl methyl sites for hydroxylation is 1. The number of carboxylic acid groups (broad SMARTS) is 1. The molecular formula is C29H34N4O5. The highest BCUT2D eigenvalue weighted by molar-refractivity contribution is 6.01. The van der Waals surface area contributed by atoms with Crippen molar-refractivity contribution in [1.82, 2.24) is 10.2 Å². The third-order valence-electron chi connectivity index (χ3n) is 6.23. The Bertz CT molecular complexity index is 1280. The number of benzene rings is 2. The number of rotatable bonds is 10. The first-order chi connectivity index (χ1) is 18.1. The van der Waals surface area contributed by atoms with Crippen molar-refractivity contribution in [2.75, 3.05) is 24.3 Å². The van der Waals surface area contributed by atoms with Gasteiger partial charge in [0.2, 0.25) is 5.91 Å². The second-order valence-electron chi connectivity index (χ2n) is 9.13. The van der Waals surface area contributed by atoms with Gasteiger partial charge in [-0.2, -0.15) is 0 Å². The number of amides is 3. The molecule has 0 fully saturated rings. The lowest BCUT2D eigenvalue weighted by Crippen LogP contribution is -2.43. The van der Waals surface area contributed by atoms with E-state index in [1.54, 1.807) is 12.1 Å². The molecule has 0 aromatic heterocycles.